The van der Waals surface area contributed by atoms with Crippen LogP contribution in [0.2, 0.25) is 11.6 Å². The van der Waals surface area contributed by atoms with Crippen molar-refractivity contribution < 1.29 is 13.9 Å². The van der Waals surface area contributed by atoms with Crippen LogP contribution in [0.4, 0.5) is 0 Å². The maximum Gasteiger partial charge on any atom is 0.237 e. The maximum atomic E-state index is 6.56. The molecule has 0 amide bonds. The summed E-state index contributed by atoms with van der Waals surface area (Å²) in [6, 6.07) is 23.8. The zero-order chi connectivity index (χ0) is 25.8. The first kappa shape index (κ1) is 24.5. The Kier molecular flexibility index (Phi) is 5.91. The highest BCUT2D eigenvalue weighted by molar-refractivity contribution is 6.54. The van der Waals surface area contributed by atoms with Gasteiger partial charge in [0.1, 0.15) is 17.2 Å². The van der Waals surface area contributed by atoms with Gasteiger partial charge < -0.3 is 13.9 Å². The zero-order valence-electron chi connectivity index (χ0n) is 22.7. The first-order valence-electron chi connectivity index (χ1n) is 12.7. The van der Waals surface area contributed by atoms with E-state index in [0.717, 1.165) is 17.2 Å². The van der Waals surface area contributed by atoms with Crippen LogP contribution in [-0.4, -0.2) is 23.3 Å². The number of ether oxygens (including phenoxy) is 2. The minimum Gasteiger partial charge on any atom is -0.546 e. The van der Waals surface area contributed by atoms with Gasteiger partial charge in [-0.3, -0.25) is 0 Å². The lowest BCUT2D eigenvalue weighted by Crippen LogP contribution is -2.28. The third-order valence-corrected chi connectivity index (χ3v) is 10.9. The van der Waals surface area contributed by atoms with Crippen molar-refractivity contribution in [2.45, 2.75) is 51.6 Å². The summed E-state index contributed by atoms with van der Waals surface area (Å²) in [6.07, 6.45) is 0. The van der Waals surface area contributed by atoms with E-state index in [1.807, 2.05) is 6.07 Å². The number of hydrogen-bond acceptors (Lipinski definition) is 3. The summed E-state index contributed by atoms with van der Waals surface area (Å²) in [6.45, 7) is 13.7. The number of methoxy groups -OCH3 is 2. The van der Waals surface area contributed by atoms with Crippen molar-refractivity contribution in [1.29, 1.82) is 0 Å². The fraction of sp³-hybridized carbons (Fsp3) is 0.312. The molecule has 0 bridgehead atoms. The zero-order valence-corrected chi connectivity index (χ0v) is 23.8. The lowest BCUT2D eigenvalue weighted by molar-refractivity contribution is 0.413. The number of benzene rings is 4. The van der Waals surface area contributed by atoms with Crippen LogP contribution >= 0.6 is 0 Å². The summed E-state index contributed by atoms with van der Waals surface area (Å²) in [5.74, 6) is 2.70. The second-order valence-electron chi connectivity index (χ2n) is 11.5. The molecule has 0 N–H and O–H groups in total. The van der Waals surface area contributed by atoms with Crippen molar-refractivity contribution in [2.24, 2.45) is 0 Å². The topological polar surface area (TPSA) is 27.7 Å². The van der Waals surface area contributed by atoms with E-state index in [0.29, 0.717) is 0 Å². The minimum atomic E-state index is -1.43. The molecular formula is C32H36O3Si. The molecule has 4 heteroatoms. The van der Waals surface area contributed by atoms with Crippen LogP contribution in [0.15, 0.2) is 66.7 Å². The van der Waals surface area contributed by atoms with Crippen LogP contribution in [0, 0.1) is 0 Å². The molecule has 0 aliphatic heterocycles. The average Bonchev–Trinajstić information content (AvgIpc) is 3.07. The van der Waals surface area contributed by atoms with E-state index in [4.69, 9.17) is 13.9 Å². The summed E-state index contributed by atoms with van der Waals surface area (Å²) in [5.41, 5.74) is 7.41. The van der Waals surface area contributed by atoms with Gasteiger partial charge in [0.05, 0.1) is 14.2 Å². The van der Waals surface area contributed by atoms with Gasteiger partial charge in [0.25, 0.3) is 0 Å². The molecule has 0 aromatic heterocycles. The van der Waals surface area contributed by atoms with Crippen molar-refractivity contribution in [3.8, 4) is 39.5 Å². The number of rotatable bonds is 5. The molecule has 1 unspecified atom stereocenters. The Morgan fingerprint density at radius 1 is 0.750 bits per heavy atom. The molecule has 4 aromatic carbocycles. The van der Waals surface area contributed by atoms with Crippen LogP contribution in [0.25, 0.3) is 33.0 Å². The molecule has 36 heavy (non-hydrogen) atoms. The van der Waals surface area contributed by atoms with E-state index < -0.39 is 9.04 Å². The summed E-state index contributed by atoms with van der Waals surface area (Å²) in [4.78, 5) is 0. The van der Waals surface area contributed by atoms with Crippen molar-refractivity contribution in [3.05, 3.63) is 77.9 Å². The normalized spacial score (nSPS) is 14.8. The quantitative estimate of drug-likeness (QED) is 0.260. The Morgan fingerprint density at radius 3 is 2.14 bits per heavy atom. The van der Waals surface area contributed by atoms with Crippen LogP contribution in [0.5, 0.6) is 17.2 Å². The highest BCUT2D eigenvalue weighted by Crippen LogP contribution is 2.55. The van der Waals surface area contributed by atoms with Crippen LogP contribution in [0.3, 0.4) is 0 Å². The first-order valence-corrected chi connectivity index (χ1v) is 14.9. The lowest BCUT2D eigenvalue weighted by atomic mass is 9.77. The summed E-state index contributed by atoms with van der Waals surface area (Å²) >= 11 is 0. The van der Waals surface area contributed by atoms with E-state index in [-0.39, 0.29) is 10.5 Å². The van der Waals surface area contributed by atoms with E-state index in [2.05, 4.69) is 102 Å². The van der Waals surface area contributed by atoms with Gasteiger partial charge >= 0.3 is 0 Å². The fourth-order valence-corrected chi connectivity index (χ4v) is 6.21. The van der Waals surface area contributed by atoms with E-state index in [1.165, 1.54) is 44.2 Å². The predicted molar refractivity (Wildman–Crippen MR) is 153 cm³/mol. The first-order chi connectivity index (χ1) is 17.0. The van der Waals surface area contributed by atoms with Crippen molar-refractivity contribution in [1.82, 2.24) is 0 Å². The molecule has 0 saturated carbocycles. The molecule has 0 fully saturated rings. The SMILES string of the molecule is COc1ccc2c(c1)C(C)(C)c1c-2cc2ccc(OC)cc2c1-c1cccc(O[SiH](C)C(C)(C)C)c1. The summed E-state index contributed by atoms with van der Waals surface area (Å²) in [7, 11) is 2.03. The molecule has 0 heterocycles. The molecule has 186 valence electrons. The highest BCUT2D eigenvalue weighted by Gasteiger charge is 2.39. The summed E-state index contributed by atoms with van der Waals surface area (Å²) in [5, 5.41) is 2.58. The molecule has 1 aliphatic rings. The van der Waals surface area contributed by atoms with E-state index >= 15 is 0 Å². The number of fused-ring (bicyclic) bond motifs is 4. The van der Waals surface area contributed by atoms with Gasteiger partial charge in [-0.15, -0.1) is 0 Å². The second kappa shape index (κ2) is 8.70. The van der Waals surface area contributed by atoms with Gasteiger partial charge in [-0.25, -0.2) is 0 Å². The molecule has 0 spiro atoms. The lowest BCUT2D eigenvalue weighted by Gasteiger charge is -2.28. The van der Waals surface area contributed by atoms with Crippen molar-refractivity contribution >= 4 is 19.8 Å². The Labute approximate surface area is 216 Å². The van der Waals surface area contributed by atoms with Crippen LogP contribution < -0.4 is 13.9 Å². The van der Waals surface area contributed by atoms with E-state index in [9.17, 15) is 0 Å². The average molecular weight is 497 g/mol. The van der Waals surface area contributed by atoms with Crippen LogP contribution in [-0.2, 0) is 5.41 Å². The van der Waals surface area contributed by atoms with Gasteiger partial charge in [-0.05, 0) is 98.2 Å². The summed E-state index contributed by atoms with van der Waals surface area (Å²) < 4.78 is 17.8. The largest absolute Gasteiger partial charge is 0.546 e. The molecule has 5 rings (SSSR count). The Balaban J connectivity index is 1.79. The minimum absolute atomic E-state index is 0.187. The molecular weight excluding hydrogens is 460 g/mol. The fourth-order valence-electron chi connectivity index (χ4n) is 5.31. The van der Waals surface area contributed by atoms with E-state index in [1.54, 1.807) is 14.2 Å². The predicted octanol–water partition coefficient (Wildman–Crippen LogP) is 8.36. The van der Waals surface area contributed by atoms with Crippen LogP contribution in [0.1, 0.15) is 45.7 Å². The van der Waals surface area contributed by atoms with Gasteiger partial charge in [0.2, 0.25) is 9.04 Å². The van der Waals surface area contributed by atoms with Gasteiger partial charge in [-0.2, -0.15) is 0 Å². The molecule has 4 aromatic rings. The number of hydrogen-bond donors (Lipinski definition) is 0. The Hall–Kier alpha value is -3.24. The third kappa shape index (κ3) is 3.98. The second-order valence-corrected chi connectivity index (χ2v) is 14.7. The van der Waals surface area contributed by atoms with Gasteiger partial charge in [-0.1, -0.05) is 58.9 Å². The van der Waals surface area contributed by atoms with Gasteiger partial charge in [0, 0.05) is 5.41 Å². The monoisotopic (exact) mass is 496 g/mol. The Bertz CT molecular complexity index is 1460. The highest BCUT2D eigenvalue weighted by atomic mass is 28.3. The molecule has 3 nitrogen and oxygen atoms in total. The third-order valence-electron chi connectivity index (χ3n) is 7.82. The molecule has 1 atom stereocenters. The van der Waals surface area contributed by atoms with Crippen molar-refractivity contribution in [3.63, 3.8) is 0 Å². The van der Waals surface area contributed by atoms with Crippen molar-refractivity contribution in [2.75, 3.05) is 14.2 Å². The maximum absolute atomic E-state index is 6.56. The molecule has 1 aliphatic carbocycles. The van der Waals surface area contributed by atoms with Gasteiger partial charge in [0.15, 0.2) is 0 Å². The molecule has 0 saturated heterocycles. The standard InChI is InChI=1S/C32H36O3Si/c1-31(2,3)36(8)35-24-11-9-10-21(16-24)29-26-18-22(33-6)13-12-20(26)17-27-25-15-14-23(34-7)19-28(25)32(4,5)30(27)29/h9-19,36H,1-8H3. The Morgan fingerprint density at radius 2 is 1.44 bits per heavy atom. The molecule has 0 radical (unpaired) electrons. The smallest absolute Gasteiger partial charge is 0.237 e.